The van der Waals surface area contributed by atoms with Gasteiger partial charge in [-0.15, -0.1) is 0 Å². The Bertz CT molecular complexity index is 575. The molecule has 0 saturated carbocycles. The highest BCUT2D eigenvalue weighted by Crippen LogP contribution is 2.15. The largest absolute Gasteiger partial charge is 0.395 e. The third kappa shape index (κ3) is 7.59. The quantitative estimate of drug-likeness (QED) is 0.771. The molecule has 0 aliphatic carbocycles. The topological polar surface area (TPSA) is 46.9 Å². The van der Waals surface area contributed by atoms with E-state index in [0.29, 0.717) is 13.1 Å². The van der Waals surface area contributed by atoms with E-state index in [1.165, 1.54) is 16.9 Å². The maximum Gasteiger partial charge on any atom is 0.0606 e. The second-order valence-corrected chi connectivity index (χ2v) is 5.78. The van der Waals surface area contributed by atoms with Crippen molar-refractivity contribution in [3.63, 3.8) is 0 Å². The zero-order valence-corrected chi connectivity index (χ0v) is 15.7. The smallest absolute Gasteiger partial charge is 0.0606 e. The van der Waals surface area contributed by atoms with Crippen LogP contribution >= 0.6 is 0 Å². The lowest BCUT2D eigenvalue weighted by Crippen LogP contribution is -2.26. The molecule has 2 aromatic carbocycles. The molecule has 2 N–H and O–H groups in total. The van der Waals surface area contributed by atoms with Gasteiger partial charge in [0.2, 0.25) is 0 Å². The minimum Gasteiger partial charge on any atom is -0.395 e. The van der Waals surface area contributed by atoms with Crippen molar-refractivity contribution in [2.75, 3.05) is 49.2 Å². The van der Waals surface area contributed by atoms with Crippen molar-refractivity contribution in [1.29, 1.82) is 0 Å². The van der Waals surface area contributed by atoms with Crippen molar-refractivity contribution < 1.29 is 10.2 Å². The number of hydrogen-bond donors (Lipinski definition) is 2. The first-order valence-electron chi connectivity index (χ1n) is 8.99. The summed E-state index contributed by atoms with van der Waals surface area (Å²) in [6.07, 6.45) is 0. The average Bonchev–Trinajstić information content (AvgIpc) is 2.65. The SMILES string of the molecule is CCN(CCO)c1cccc(C)c1.CCN(CCO)c1ccccc1. The van der Waals surface area contributed by atoms with Crippen LogP contribution in [-0.2, 0) is 0 Å². The number of nitrogens with zero attached hydrogens (tertiary/aromatic N) is 2. The summed E-state index contributed by atoms with van der Waals surface area (Å²) in [5, 5.41) is 17.6. The van der Waals surface area contributed by atoms with E-state index < -0.39 is 0 Å². The number of para-hydroxylation sites is 1. The summed E-state index contributed by atoms with van der Waals surface area (Å²) in [4.78, 5) is 4.30. The predicted octanol–water partition coefficient (Wildman–Crippen LogP) is 3.32. The predicted molar refractivity (Wildman–Crippen MR) is 108 cm³/mol. The second-order valence-electron chi connectivity index (χ2n) is 5.78. The summed E-state index contributed by atoms with van der Waals surface area (Å²) >= 11 is 0. The van der Waals surface area contributed by atoms with Crippen LogP contribution in [0.1, 0.15) is 19.4 Å². The minimum atomic E-state index is 0.210. The fourth-order valence-corrected chi connectivity index (χ4v) is 2.64. The van der Waals surface area contributed by atoms with Crippen LogP contribution in [0, 0.1) is 6.92 Å². The van der Waals surface area contributed by atoms with E-state index in [2.05, 4.69) is 60.9 Å². The number of benzene rings is 2. The van der Waals surface area contributed by atoms with Crippen molar-refractivity contribution in [2.45, 2.75) is 20.8 Å². The van der Waals surface area contributed by atoms with E-state index >= 15 is 0 Å². The molecule has 0 atom stereocenters. The molecular weight excluding hydrogens is 312 g/mol. The Kier molecular flexibility index (Phi) is 10.4. The van der Waals surface area contributed by atoms with Crippen LogP contribution in [0.5, 0.6) is 0 Å². The average molecular weight is 344 g/mol. The molecule has 0 amide bonds. The molecule has 0 aromatic heterocycles. The number of rotatable bonds is 8. The molecule has 0 fully saturated rings. The van der Waals surface area contributed by atoms with Crippen molar-refractivity contribution in [2.24, 2.45) is 0 Å². The number of likely N-dealkylation sites (N-methyl/N-ethyl adjacent to an activating group) is 2. The molecule has 4 heteroatoms. The van der Waals surface area contributed by atoms with E-state index in [1.807, 2.05) is 24.3 Å². The molecule has 0 aliphatic rings. The molecule has 0 saturated heterocycles. The van der Waals surface area contributed by atoms with Crippen LogP contribution in [0.4, 0.5) is 11.4 Å². The Morgan fingerprint density at radius 2 is 1.24 bits per heavy atom. The Balaban J connectivity index is 0.000000251. The number of aliphatic hydroxyl groups is 2. The lowest BCUT2D eigenvalue weighted by Gasteiger charge is -2.22. The number of aryl methyl sites for hydroxylation is 1. The highest BCUT2D eigenvalue weighted by Gasteiger charge is 2.02. The van der Waals surface area contributed by atoms with Crippen LogP contribution < -0.4 is 9.80 Å². The Morgan fingerprint density at radius 1 is 0.720 bits per heavy atom. The number of anilines is 2. The summed E-state index contributed by atoms with van der Waals surface area (Å²) in [6.45, 7) is 9.97. The maximum absolute atomic E-state index is 8.86. The summed E-state index contributed by atoms with van der Waals surface area (Å²) < 4.78 is 0. The van der Waals surface area contributed by atoms with E-state index in [4.69, 9.17) is 10.2 Å². The third-order valence-electron chi connectivity index (χ3n) is 3.99. The number of aliphatic hydroxyl groups excluding tert-OH is 2. The fourth-order valence-electron chi connectivity index (χ4n) is 2.64. The van der Waals surface area contributed by atoms with Crippen LogP contribution in [0.15, 0.2) is 54.6 Å². The van der Waals surface area contributed by atoms with E-state index in [0.717, 1.165) is 13.1 Å². The molecule has 0 bridgehead atoms. The highest BCUT2D eigenvalue weighted by atomic mass is 16.3. The van der Waals surface area contributed by atoms with Gasteiger partial charge < -0.3 is 20.0 Å². The Hall–Kier alpha value is -2.04. The molecule has 0 radical (unpaired) electrons. The Morgan fingerprint density at radius 3 is 1.72 bits per heavy atom. The van der Waals surface area contributed by atoms with E-state index in [9.17, 15) is 0 Å². The van der Waals surface area contributed by atoms with Gasteiger partial charge in [-0.25, -0.2) is 0 Å². The number of hydrogen-bond acceptors (Lipinski definition) is 4. The summed E-state index contributed by atoms with van der Waals surface area (Å²) in [5.41, 5.74) is 3.62. The first kappa shape index (κ1) is 21.0. The van der Waals surface area contributed by atoms with Gasteiger partial charge in [0, 0.05) is 37.6 Å². The maximum atomic E-state index is 8.86. The molecule has 4 nitrogen and oxygen atoms in total. The zero-order chi connectivity index (χ0) is 18.5. The third-order valence-corrected chi connectivity index (χ3v) is 3.99. The zero-order valence-electron chi connectivity index (χ0n) is 15.7. The molecule has 25 heavy (non-hydrogen) atoms. The van der Waals surface area contributed by atoms with Crippen LogP contribution in [0.3, 0.4) is 0 Å². The van der Waals surface area contributed by atoms with Crippen LogP contribution in [0.2, 0.25) is 0 Å². The summed E-state index contributed by atoms with van der Waals surface area (Å²) in [5.74, 6) is 0. The van der Waals surface area contributed by atoms with Crippen molar-refractivity contribution in [1.82, 2.24) is 0 Å². The summed E-state index contributed by atoms with van der Waals surface area (Å²) in [7, 11) is 0. The lowest BCUT2D eigenvalue weighted by molar-refractivity contribution is 0.302. The first-order chi connectivity index (χ1) is 12.2. The van der Waals surface area contributed by atoms with Gasteiger partial charge in [0.1, 0.15) is 0 Å². The van der Waals surface area contributed by atoms with E-state index in [-0.39, 0.29) is 13.2 Å². The van der Waals surface area contributed by atoms with Gasteiger partial charge >= 0.3 is 0 Å². The Labute approximate surface area is 152 Å². The van der Waals surface area contributed by atoms with Gasteiger partial charge in [-0.1, -0.05) is 30.3 Å². The monoisotopic (exact) mass is 344 g/mol. The van der Waals surface area contributed by atoms with Gasteiger partial charge in [-0.3, -0.25) is 0 Å². The van der Waals surface area contributed by atoms with Gasteiger partial charge in [0.05, 0.1) is 13.2 Å². The first-order valence-corrected chi connectivity index (χ1v) is 8.99. The van der Waals surface area contributed by atoms with Crippen LogP contribution in [-0.4, -0.2) is 49.6 Å². The minimum absolute atomic E-state index is 0.210. The molecular formula is C21H32N2O2. The van der Waals surface area contributed by atoms with Gasteiger partial charge in [-0.2, -0.15) is 0 Å². The van der Waals surface area contributed by atoms with E-state index in [1.54, 1.807) is 0 Å². The normalized spacial score (nSPS) is 9.96. The van der Waals surface area contributed by atoms with Gasteiger partial charge in [0.15, 0.2) is 0 Å². The summed E-state index contributed by atoms with van der Waals surface area (Å²) in [6, 6.07) is 18.5. The van der Waals surface area contributed by atoms with Crippen molar-refractivity contribution >= 4 is 11.4 Å². The molecule has 138 valence electrons. The molecule has 0 heterocycles. The van der Waals surface area contributed by atoms with Crippen molar-refractivity contribution in [3.8, 4) is 0 Å². The molecule has 0 aliphatic heterocycles. The van der Waals surface area contributed by atoms with Gasteiger partial charge in [0.25, 0.3) is 0 Å². The molecule has 0 spiro atoms. The van der Waals surface area contributed by atoms with Gasteiger partial charge in [-0.05, 0) is 50.6 Å². The molecule has 0 unspecified atom stereocenters. The second kappa shape index (κ2) is 12.3. The molecule has 2 aromatic rings. The highest BCUT2D eigenvalue weighted by molar-refractivity contribution is 5.48. The molecule has 2 rings (SSSR count). The standard InChI is InChI=1S/C11H17NO.C10H15NO/c1-3-12(7-8-13)11-6-4-5-10(2)9-11;1-2-11(8-9-12)10-6-4-3-5-7-10/h4-6,9,13H,3,7-8H2,1-2H3;3-7,12H,2,8-9H2,1H3. The van der Waals surface area contributed by atoms with Crippen LogP contribution in [0.25, 0.3) is 0 Å². The lowest BCUT2D eigenvalue weighted by atomic mass is 10.2. The fraction of sp³-hybridized carbons (Fsp3) is 0.429. The van der Waals surface area contributed by atoms with Crippen molar-refractivity contribution in [3.05, 3.63) is 60.2 Å².